The van der Waals surface area contributed by atoms with Crippen LogP contribution in [0.1, 0.15) is 11.1 Å². The maximum absolute atomic E-state index is 12.1. The van der Waals surface area contributed by atoms with Crippen LogP contribution in [0.2, 0.25) is 0 Å². The lowest BCUT2D eigenvalue weighted by molar-refractivity contribution is -0.143. The minimum Gasteiger partial charge on any atom is -0.780 e. The minimum absolute atomic E-state index is 0.0375. The number of alkyl halides is 6. The molecule has 7 heteroatoms. The van der Waals surface area contributed by atoms with Crippen molar-refractivity contribution in [3.8, 4) is 0 Å². The summed E-state index contributed by atoms with van der Waals surface area (Å²) >= 11 is 4.32. The van der Waals surface area contributed by atoms with E-state index >= 15 is 0 Å². The van der Waals surface area contributed by atoms with E-state index in [0.29, 0.717) is 12.1 Å². The van der Waals surface area contributed by atoms with Crippen LogP contribution in [0.5, 0.6) is 0 Å². The van der Waals surface area contributed by atoms with E-state index in [-0.39, 0.29) is 6.07 Å². The van der Waals surface area contributed by atoms with Crippen LogP contribution < -0.4 is 0 Å². The van der Waals surface area contributed by atoms with Crippen molar-refractivity contribution in [1.82, 2.24) is 0 Å². The maximum atomic E-state index is 12.1. The van der Waals surface area contributed by atoms with Crippen LogP contribution >= 0.6 is 0 Å². The second kappa shape index (κ2) is 3.55. The summed E-state index contributed by atoms with van der Waals surface area (Å²) in [7, 11) is 0. The zero-order valence-corrected chi connectivity index (χ0v) is 7.72. The molecule has 1 aromatic rings. The predicted molar refractivity (Wildman–Crippen MR) is 42.1 cm³/mol. The van der Waals surface area contributed by atoms with E-state index in [1.807, 2.05) is 0 Å². The molecule has 0 aliphatic heterocycles. The first kappa shape index (κ1) is 12.1. The molecule has 0 N–H and O–H groups in total. The maximum Gasteiger partial charge on any atom is 0.416 e. The Labute approximate surface area is 86.3 Å². The van der Waals surface area contributed by atoms with E-state index in [0.717, 1.165) is 0 Å². The third kappa shape index (κ3) is 2.98. The normalized spacial score (nSPS) is 12.9. The van der Waals surface area contributed by atoms with Crippen molar-refractivity contribution in [3.05, 3.63) is 29.3 Å². The molecule has 0 heterocycles. The second-order valence-corrected chi connectivity index (χ2v) is 3.21. The van der Waals surface area contributed by atoms with Crippen LogP contribution in [0.25, 0.3) is 0 Å². The molecule has 0 spiro atoms. The Bertz CT molecular complexity index is 332. The molecule has 0 fully saturated rings. The molecule has 84 valence electrons. The van der Waals surface area contributed by atoms with Gasteiger partial charge in [0.15, 0.2) is 0 Å². The quantitative estimate of drug-likeness (QED) is 0.496. The molecule has 0 nitrogen and oxygen atoms in total. The monoisotopic (exact) mass is 245 g/mol. The summed E-state index contributed by atoms with van der Waals surface area (Å²) < 4.78 is 72.7. The van der Waals surface area contributed by atoms with Gasteiger partial charge >= 0.3 is 12.4 Å². The minimum atomic E-state index is -4.82. The number of benzene rings is 1. The summed E-state index contributed by atoms with van der Waals surface area (Å²) in [5, 5.41) is 0. The Kier molecular flexibility index (Phi) is 2.86. The average molecular weight is 245 g/mol. The van der Waals surface area contributed by atoms with Crippen molar-refractivity contribution in [1.29, 1.82) is 0 Å². The summed E-state index contributed by atoms with van der Waals surface area (Å²) in [5.74, 6) is 0. The highest BCUT2D eigenvalue weighted by Crippen LogP contribution is 2.36. The fourth-order valence-corrected chi connectivity index (χ4v) is 1.18. The van der Waals surface area contributed by atoms with Gasteiger partial charge in [0.25, 0.3) is 0 Å². The molecule has 0 saturated heterocycles. The van der Waals surface area contributed by atoms with Gasteiger partial charge in [-0.15, -0.1) is 0 Å². The van der Waals surface area contributed by atoms with Crippen LogP contribution in [0, 0.1) is 0 Å². The molecular weight excluding hydrogens is 242 g/mol. The van der Waals surface area contributed by atoms with Crippen molar-refractivity contribution in [3.63, 3.8) is 0 Å². The molecule has 0 amide bonds. The highest BCUT2D eigenvalue weighted by Gasteiger charge is 2.35. The van der Waals surface area contributed by atoms with E-state index in [2.05, 4.69) is 12.6 Å². The zero-order chi connectivity index (χ0) is 11.9. The Hall–Kier alpha value is -0.980. The van der Waals surface area contributed by atoms with Gasteiger partial charge in [0.05, 0.1) is 11.1 Å². The number of hydrogen-bond acceptors (Lipinski definition) is 1. The van der Waals surface area contributed by atoms with E-state index in [1.54, 1.807) is 0 Å². The fraction of sp³-hybridized carbons (Fsp3) is 0.250. The van der Waals surface area contributed by atoms with Crippen LogP contribution in [-0.2, 0) is 25.0 Å². The van der Waals surface area contributed by atoms with Crippen molar-refractivity contribution >= 4 is 12.6 Å². The lowest BCUT2D eigenvalue weighted by atomic mass is 10.1. The fourth-order valence-electron chi connectivity index (χ4n) is 0.926. The van der Waals surface area contributed by atoms with Gasteiger partial charge in [-0.1, -0.05) is 12.1 Å². The highest BCUT2D eigenvalue weighted by atomic mass is 32.1. The van der Waals surface area contributed by atoms with Crippen LogP contribution in [-0.4, -0.2) is 0 Å². The standard InChI is InChI=1S/C8H4F6S/c9-7(10,11)4-1-5(8(12,13)14)3-6(15)2-4/h1-3,15H/p-1. The third-order valence-corrected chi connectivity index (χ3v) is 1.80. The first-order valence-electron chi connectivity index (χ1n) is 3.57. The predicted octanol–water partition coefficient (Wildman–Crippen LogP) is 3.63. The first-order chi connectivity index (χ1) is 6.60. The number of hydrogen-bond donors (Lipinski definition) is 0. The van der Waals surface area contributed by atoms with E-state index in [4.69, 9.17) is 0 Å². The van der Waals surface area contributed by atoms with Gasteiger partial charge < -0.3 is 12.6 Å². The molecular formula is C8H3F6S-. The molecule has 15 heavy (non-hydrogen) atoms. The van der Waals surface area contributed by atoms with Crippen molar-refractivity contribution < 1.29 is 26.3 Å². The van der Waals surface area contributed by atoms with Gasteiger partial charge in [-0.25, -0.2) is 0 Å². The Balaban J connectivity index is 3.30. The molecule has 0 radical (unpaired) electrons. The number of halogens is 6. The molecule has 0 bridgehead atoms. The van der Waals surface area contributed by atoms with Gasteiger partial charge in [-0.3, -0.25) is 0 Å². The van der Waals surface area contributed by atoms with Crippen molar-refractivity contribution in [2.45, 2.75) is 17.2 Å². The summed E-state index contributed by atoms with van der Waals surface area (Å²) in [5.41, 5.74) is -2.77. The molecule has 0 atom stereocenters. The molecule has 1 rings (SSSR count). The van der Waals surface area contributed by atoms with Gasteiger partial charge in [0, 0.05) is 0 Å². The zero-order valence-electron chi connectivity index (χ0n) is 6.91. The second-order valence-electron chi connectivity index (χ2n) is 2.74. The lowest BCUT2D eigenvalue weighted by Crippen LogP contribution is -2.10. The Morgan fingerprint density at radius 3 is 1.33 bits per heavy atom. The van der Waals surface area contributed by atoms with Crippen LogP contribution in [0.3, 0.4) is 0 Å². The average Bonchev–Trinajstić information content (AvgIpc) is 1.99. The van der Waals surface area contributed by atoms with Crippen molar-refractivity contribution in [2.24, 2.45) is 0 Å². The Morgan fingerprint density at radius 2 is 1.07 bits per heavy atom. The van der Waals surface area contributed by atoms with Crippen LogP contribution in [0.15, 0.2) is 23.1 Å². The van der Waals surface area contributed by atoms with Crippen LogP contribution in [0.4, 0.5) is 26.3 Å². The summed E-state index contributed by atoms with van der Waals surface area (Å²) in [6.07, 6.45) is -9.65. The summed E-state index contributed by atoms with van der Waals surface area (Å²) in [6.45, 7) is 0. The molecule has 0 aromatic heterocycles. The topological polar surface area (TPSA) is 0 Å². The third-order valence-electron chi connectivity index (χ3n) is 1.56. The van der Waals surface area contributed by atoms with E-state index < -0.39 is 28.4 Å². The summed E-state index contributed by atoms with van der Waals surface area (Å²) in [6, 6.07) is 1.02. The lowest BCUT2D eigenvalue weighted by Gasteiger charge is -2.16. The molecule has 0 aliphatic carbocycles. The largest absolute Gasteiger partial charge is 0.780 e. The van der Waals surface area contributed by atoms with E-state index in [9.17, 15) is 26.3 Å². The molecule has 0 saturated carbocycles. The SMILES string of the molecule is FC(F)(F)c1cc([S-])cc(C(F)(F)F)c1. The van der Waals surface area contributed by atoms with Crippen molar-refractivity contribution in [2.75, 3.05) is 0 Å². The van der Waals surface area contributed by atoms with Gasteiger partial charge in [-0.05, 0) is 6.07 Å². The molecule has 1 aromatic carbocycles. The summed E-state index contributed by atoms with van der Waals surface area (Å²) in [4.78, 5) is -0.489. The van der Waals surface area contributed by atoms with E-state index in [1.165, 1.54) is 0 Å². The highest BCUT2D eigenvalue weighted by molar-refractivity contribution is 7.58. The van der Waals surface area contributed by atoms with Gasteiger partial charge in [-0.2, -0.15) is 31.2 Å². The molecule has 0 aliphatic rings. The van der Waals surface area contributed by atoms with Gasteiger partial charge in [0.1, 0.15) is 0 Å². The number of rotatable bonds is 0. The smallest absolute Gasteiger partial charge is 0.416 e. The first-order valence-corrected chi connectivity index (χ1v) is 3.98. The molecule has 0 unspecified atom stereocenters. The Morgan fingerprint density at radius 1 is 0.733 bits per heavy atom. The van der Waals surface area contributed by atoms with Gasteiger partial charge in [0.2, 0.25) is 0 Å².